The minimum absolute atomic E-state index is 0.00555. The van der Waals surface area contributed by atoms with E-state index in [1.807, 2.05) is 44.2 Å². The number of hydrogen-bond donors (Lipinski definition) is 1. The second-order valence-electron chi connectivity index (χ2n) is 5.71. The summed E-state index contributed by atoms with van der Waals surface area (Å²) in [6.07, 6.45) is 0. The largest absolute Gasteiger partial charge is 0.476 e. The van der Waals surface area contributed by atoms with E-state index in [9.17, 15) is 9.59 Å². The van der Waals surface area contributed by atoms with Crippen molar-refractivity contribution in [2.24, 2.45) is 5.73 Å². The van der Waals surface area contributed by atoms with Crippen molar-refractivity contribution in [2.45, 2.75) is 13.8 Å². The summed E-state index contributed by atoms with van der Waals surface area (Å²) in [4.78, 5) is 23.8. The Morgan fingerprint density at radius 2 is 1.75 bits per heavy atom. The Labute approximate surface area is 138 Å². The van der Waals surface area contributed by atoms with E-state index in [1.165, 1.54) is 0 Å². The molecule has 1 amide bonds. The summed E-state index contributed by atoms with van der Waals surface area (Å²) in [7, 11) is 0. The highest BCUT2D eigenvalue weighted by Gasteiger charge is 2.18. The lowest BCUT2D eigenvalue weighted by atomic mass is 10.1. The molecule has 1 aromatic heterocycles. The van der Waals surface area contributed by atoms with E-state index in [0.717, 1.165) is 11.1 Å². The molecule has 3 rings (SSSR count). The minimum atomic E-state index is -0.659. The van der Waals surface area contributed by atoms with Crippen LogP contribution in [0.2, 0.25) is 0 Å². The highest BCUT2D eigenvalue weighted by Crippen LogP contribution is 2.31. The van der Waals surface area contributed by atoms with Crippen molar-refractivity contribution >= 4 is 16.9 Å². The maximum absolute atomic E-state index is 12.8. The monoisotopic (exact) mass is 323 g/mol. The molecule has 0 spiro atoms. The Hall–Kier alpha value is -3.08. The van der Waals surface area contributed by atoms with Crippen molar-refractivity contribution in [3.63, 3.8) is 0 Å². The molecular formula is C19H17NO4. The summed E-state index contributed by atoms with van der Waals surface area (Å²) in [6.45, 7) is 3.50. The van der Waals surface area contributed by atoms with Gasteiger partial charge in [0.25, 0.3) is 5.91 Å². The van der Waals surface area contributed by atoms with Crippen LogP contribution in [0.15, 0.2) is 51.7 Å². The smallest absolute Gasteiger partial charge is 0.255 e. The first kappa shape index (κ1) is 15.8. The number of rotatable bonds is 4. The normalized spacial score (nSPS) is 10.8. The zero-order valence-corrected chi connectivity index (χ0v) is 13.5. The van der Waals surface area contributed by atoms with E-state index >= 15 is 0 Å². The average molecular weight is 323 g/mol. The van der Waals surface area contributed by atoms with Crippen LogP contribution in [0.25, 0.3) is 22.3 Å². The predicted molar refractivity (Wildman–Crippen MR) is 92.1 cm³/mol. The molecule has 0 aliphatic rings. The van der Waals surface area contributed by atoms with Gasteiger partial charge in [-0.15, -0.1) is 0 Å². The van der Waals surface area contributed by atoms with Crippen molar-refractivity contribution < 1.29 is 13.9 Å². The molecule has 0 saturated carbocycles. The van der Waals surface area contributed by atoms with Crippen LogP contribution in [0.5, 0.6) is 5.75 Å². The molecule has 1 heterocycles. The van der Waals surface area contributed by atoms with Gasteiger partial charge in [-0.3, -0.25) is 9.59 Å². The molecule has 0 fully saturated rings. The number of primary amides is 1. The van der Waals surface area contributed by atoms with Gasteiger partial charge in [-0.1, -0.05) is 35.9 Å². The van der Waals surface area contributed by atoms with Crippen molar-refractivity contribution in [1.82, 2.24) is 0 Å². The van der Waals surface area contributed by atoms with Gasteiger partial charge >= 0.3 is 0 Å². The third-order valence-electron chi connectivity index (χ3n) is 3.68. The third kappa shape index (κ3) is 3.01. The molecule has 24 heavy (non-hydrogen) atoms. The predicted octanol–water partition coefficient (Wildman–Crippen LogP) is 2.94. The molecule has 0 aliphatic carbocycles. The summed E-state index contributed by atoms with van der Waals surface area (Å²) < 4.78 is 11.3. The Kier molecular flexibility index (Phi) is 4.08. The molecule has 3 aromatic rings. The number of carbonyl (C=O) groups excluding carboxylic acids is 1. The van der Waals surface area contributed by atoms with E-state index in [2.05, 4.69) is 0 Å². The highest BCUT2D eigenvalue weighted by atomic mass is 16.5. The second kappa shape index (κ2) is 6.20. The van der Waals surface area contributed by atoms with Gasteiger partial charge in [-0.05, 0) is 31.5 Å². The number of amides is 1. The van der Waals surface area contributed by atoms with Crippen molar-refractivity contribution in [3.8, 4) is 17.1 Å². The maximum Gasteiger partial charge on any atom is 0.255 e. The number of carbonyl (C=O) groups is 1. The highest BCUT2D eigenvalue weighted by molar-refractivity contribution is 5.83. The number of aryl methyl sites for hydroxylation is 2. The van der Waals surface area contributed by atoms with Gasteiger partial charge in [0.15, 0.2) is 12.4 Å². The topological polar surface area (TPSA) is 82.5 Å². The third-order valence-corrected chi connectivity index (χ3v) is 3.68. The van der Waals surface area contributed by atoms with Gasteiger partial charge in [0.1, 0.15) is 5.58 Å². The lowest BCUT2D eigenvalue weighted by Crippen LogP contribution is -2.22. The number of benzene rings is 2. The molecule has 0 unspecified atom stereocenters. The van der Waals surface area contributed by atoms with Gasteiger partial charge in [0.05, 0.1) is 5.39 Å². The van der Waals surface area contributed by atoms with Gasteiger partial charge < -0.3 is 14.9 Å². The average Bonchev–Trinajstić information content (AvgIpc) is 2.54. The molecule has 0 radical (unpaired) electrons. The van der Waals surface area contributed by atoms with Gasteiger partial charge in [0.2, 0.25) is 11.2 Å². The molecule has 0 saturated heterocycles. The van der Waals surface area contributed by atoms with Gasteiger partial charge in [0, 0.05) is 5.56 Å². The quantitative estimate of drug-likeness (QED) is 0.800. The van der Waals surface area contributed by atoms with Crippen LogP contribution in [-0.4, -0.2) is 12.5 Å². The van der Waals surface area contributed by atoms with Crippen LogP contribution in [0, 0.1) is 13.8 Å². The lowest BCUT2D eigenvalue weighted by molar-refractivity contribution is -0.119. The van der Waals surface area contributed by atoms with Crippen molar-refractivity contribution in [2.75, 3.05) is 6.61 Å². The summed E-state index contributed by atoms with van der Waals surface area (Å²) in [5.74, 6) is -0.374. The zero-order chi connectivity index (χ0) is 17.3. The summed E-state index contributed by atoms with van der Waals surface area (Å²) in [6, 6.07) is 12.8. The fourth-order valence-corrected chi connectivity index (χ4v) is 2.45. The van der Waals surface area contributed by atoms with Crippen LogP contribution in [0.4, 0.5) is 0 Å². The van der Waals surface area contributed by atoms with E-state index in [0.29, 0.717) is 22.3 Å². The van der Waals surface area contributed by atoms with Gasteiger partial charge in [-0.25, -0.2) is 0 Å². The maximum atomic E-state index is 12.8. The first-order chi connectivity index (χ1) is 11.5. The van der Waals surface area contributed by atoms with Crippen molar-refractivity contribution in [3.05, 3.63) is 63.8 Å². The molecule has 2 aromatic carbocycles. The standard InChI is InChI=1S/C19H17NO4/c1-11-3-6-13(7-4-11)18-19(23-10-16(20)21)17(22)14-8-5-12(2)9-15(14)24-18/h3-9H,10H2,1-2H3,(H2,20,21). The molecule has 0 aliphatic heterocycles. The summed E-state index contributed by atoms with van der Waals surface area (Å²) in [5, 5.41) is 0.399. The molecular weight excluding hydrogens is 306 g/mol. The first-order valence-corrected chi connectivity index (χ1v) is 7.51. The number of ether oxygens (including phenoxy) is 1. The Morgan fingerprint density at radius 3 is 2.42 bits per heavy atom. The van der Waals surface area contributed by atoms with Crippen LogP contribution < -0.4 is 15.9 Å². The summed E-state index contributed by atoms with van der Waals surface area (Å²) in [5.41, 5.74) is 8.04. The number of nitrogens with two attached hydrogens (primary N) is 1. The molecule has 5 heteroatoms. The van der Waals surface area contributed by atoms with Crippen LogP contribution in [0.3, 0.4) is 0 Å². The molecule has 5 nitrogen and oxygen atoms in total. The fraction of sp³-hybridized carbons (Fsp3) is 0.158. The van der Waals surface area contributed by atoms with Crippen LogP contribution in [0.1, 0.15) is 11.1 Å². The molecule has 0 bridgehead atoms. The lowest BCUT2D eigenvalue weighted by Gasteiger charge is -2.11. The van der Waals surface area contributed by atoms with E-state index < -0.39 is 5.91 Å². The van der Waals surface area contributed by atoms with E-state index in [1.54, 1.807) is 12.1 Å². The minimum Gasteiger partial charge on any atom is -0.476 e. The molecule has 0 atom stereocenters. The number of hydrogen-bond acceptors (Lipinski definition) is 4. The first-order valence-electron chi connectivity index (χ1n) is 7.51. The molecule has 2 N–H and O–H groups in total. The fourth-order valence-electron chi connectivity index (χ4n) is 2.45. The Balaban J connectivity index is 2.27. The van der Waals surface area contributed by atoms with Crippen LogP contribution >= 0.6 is 0 Å². The summed E-state index contributed by atoms with van der Waals surface area (Å²) >= 11 is 0. The zero-order valence-electron chi connectivity index (χ0n) is 13.5. The Morgan fingerprint density at radius 1 is 1.08 bits per heavy atom. The second-order valence-corrected chi connectivity index (χ2v) is 5.71. The van der Waals surface area contributed by atoms with E-state index in [-0.39, 0.29) is 17.8 Å². The van der Waals surface area contributed by atoms with Crippen LogP contribution in [-0.2, 0) is 4.79 Å². The Bertz CT molecular complexity index is 971. The van der Waals surface area contributed by atoms with E-state index in [4.69, 9.17) is 14.9 Å². The molecule has 122 valence electrons. The van der Waals surface area contributed by atoms with Crippen molar-refractivity contribution in [1.29, 1.82) is 0 Å². The SMILES string of the molecule is Cc1ccc(-c2oc3cc(C)ccc3c(=O)c2OCC(N)=O)cc1. The van der Waals surface area contributed by atoms with Gasteiger partial charge in [-0.2, -0.15) is 0 Å². The number of fused-ring (bicyclic) bond motifs is 1.